The smallest absolute Gasteiger partial charge is 0.180 e. The molecule has 8 aromatic carbocycles. The molecule has 0 N–H and O–H groups in total. The molecule has 0 aliphatic heterocycles. The van der Waals surface area contributed by atoms with Gasteiger partial charge in [-0.25, -0.2) is 9.97 Å². The molecule has 0 bridgehead atoms. The first-order chi connectivity index (χ1) is 28.3. The van der Waals surface area contributed by atoms with Crippen LogP contribution in [0.4, 0.5) is 0 Å². The predicted molar refractivity (Wildman–Crippen MR) is 234 cm³/mol. The lowest BCUT2D eigenvalue weighted by Crippen LogP contribution is -1.95. The highest BCUT2D eigenvalue weighted by atomic mass is 16.3. The van der Waals surface area contributed by atoms with Crippen molar-refractivity contribution in [2.75, 3.05) is 0 Å². The molecule has 12 rings (SSSR count). The van der Waals surface area contributed by atoms with Gasteiger partial charge < -0.3 is 13.6 Å². The van der Waals surface area contributed by atoms with Crippen molar-refractivity contribution in [2.24, 2.45) is 0 Å². The van der Waals surface area contributed by atoms with E-state index in [1.54, 1.807) is 0 Å². The van der Waals surface area contributed by atoms with Crippen molar-refractivity contribution < 1.29 is 4.42 Å². The molecule has 266 valence electrons. The summed E-state index contributed by atoms with van der Waals surface area (Å²) in [6, 6.07) is 68.6. The van der Waals surface area contributed by atoms with E-state index in [0.29, 0.717) is 11.4 Å². The van der Waals surface area contributed by atoms with E-state index in [4.69, 9.17) is 14.4 Å². The van der Waals surface area contributed by atoms with Gasteiger partial charge >= 0.3 is 0 Å². The van der Waals surface area contributed by atoms with E-state index in [9.17, 15) is 0 Å². The van der Waals surface area contributed by atoms with Crippen molar-refractivity contribution in [1.29, 1.82) is 0 Å². The fourth-order valence-corrected chi connectivity index (χ4v) is 8.73. The van der Waals surface area contributed by atoms with Gasteiger partial charge in [-0.1, -0.05) is 121 Å². The minimum atomic E-state index is 0.671. The molecule has 0 amide bonds. The number of aromatic nitrogens is 4. The van der Waals surface area contributed by atoms with Crippen LogP contribution in [0, 0.1) is 0 Å². The number of para-hydroxylation sites is 4. The summed E-state index contributed by atoms with van der Waals surface area (Å²) in [5, 5.41) is 5.86. The maximum Gasteiger partial charge on any atom is 0.180 e. The maximum atomic E-state index is 6.49. The van der Waals surface area contributed by atoms with Crippen molar-refractivity contribution in [1.82, 2.24) is 19.1 Å². The van der Waals surface area contributed by atoms with E-state index in [2.05, 4.69) is 167 Å². The third kappa shape index (κ3) is 4.89. The quantitative estimate of drug-likeness (QED) is 0.177. The molecule has 4 heterocycles. The lowest BCUT2D eigenvalue weighted by molar-refractivity contribution is 0.667. The van der Waals surface area contributed by atoms with E-state index in [1.165, 1.54) is 32.6 Å². The molecule has 0 atom stereocenters. The number of hydrogen-bond donors (Lipinski definition) is 0. The molecular weight excluding hydrogens is 697 g/mol. The van der Waals surface area contributed by atoms with Crippen molar-refractivity contribution >= 4 is 65.7 Å². The molecule has 0 saturated carbocycles. The highest BCUT2D eigenvalue weighted by Gasteiger charge is 2.20. The molecule has 5 nitrogen and oxygen atoms in total. The SMILES string of the molecule is c1ccc(-c2nc(-c3cccc(-c4ccc5c(c4)c4cc(-n6c7ccccc7c7ccccc76)ccc4n5-c4ccccc4)c3)c3oc4ccccc4c3n2)cc1. The largest absolute Gasteiger partial charge is 0.452 e. The van der Waals surface area contributed by atoms with Gasteiger partial charge in [0.15, 0.2) is 11.4 Å². The Bertz CT molecular complexity index is 3470. The second-order valence-corrected chi connectivity index (χ2v) is 14.6. The number of rotatable bonds is 5. The third-order valence-corrected chi connectivity index (χ3v) is 11.3. The summed E-state index contributed by atoms with van der Waals surface area (Å²) in [6.07, 6.45) is 0. The van der Waals surface area contributed by atoms with Crippen LogP contribution in [0.15, 0.2) is 199 Å². The van der Waals surface area contributed by atoms with Crippen LogP contribution in [0.3, 0.4) is 0 Å². The van der Waals surface area contributed by atoms with Gasteiger partial charge in [-0.3, -0.25) is 0 Å². The second-order valence-electron chi connectivity index (χ2n) is 14.6. The molecule has 5 heteroatoms. The number of nitrogens with zero attached hydrogens (tertiary/aromatic N) is 4. The average molecular weight is 729 g/mol. The zero-order valence-corrected chi connectivity index (χ0v) is 30.7. The van der Waals surface area contributed by atoms with E-state index >= 15 is 0 Å². The number of fused-ring (bicyclic) bond motifs is 9. The molecule has 57 heavy (non-hydrogen) atoms. The summed E-state index contributed by atoms with van der Waals surface area (Å²) in [7, 11) is 0. The van der Waals surface area contributed by atoms with Gasteiger partial charge in [0.25, 0.3) is 0 Å². The first-order valence-electron chi connectivity index (χ1n) is 19.2. The molecule has 0 unspecified atom stereocenters. The molecule has 4 aromatic heterocycles. The third-order valence-electron chi connectivity index (χ3n) is 11.3. The average Bonchev–Trinajstić information content (AvgIpc) is 3.94. The van der Waals surface area contributed by atoms with Crippen LogP contribution in [0.25, 0.3) is 111 Å². The normalized spacial score (nSPS) is 11.9. The zero-order valence-electron chi connectivity index (χ0n) is 30.7. The zero-order chi connectivity index (χ0) is 37.5. The predicted octanol–water partition coefficient (Wildman–Crippen LogP) is 13.6. The monoisotopic (exact) mass is 728 g/mol. The van der Waals surface area contributed by atoms with E-state index in [0.717, 1.165) is 66.8 Å². The Morgan fingerprint density at radius 3 is 1.68 bits per heavy atom. The number of furan rings is 1. The summed E-state index contributed by atoms with van der Waals surface area (Å²) < 4.78 is 11.3. The van der Waals surface area contributed by atoms with Crippen molar-refractivity contribution in [3.05, 3.63) is 194 Å². The summed E-state index contributed by atoms with van der Waals surface area (Å²) in [5.41, 5.74) is 14.2. The molecule has 0 radical (unpaired) electrons. The topological polar surface area (TPSA) is 48.8 Å². The van der Waals surface area contributed by atoms with E-state index < -0.39 is 0 Å². The molecule has 0 fully saturated rings. The highest BCUT2D eigenvalue weighted by molar-refractivity contribution is 6.13. The van der Waals surface area contributed by atoms with Gasteiger partial charge in [-0.2, -0.15) is 0 Å². The van der Waals surface area contributed by atoms with E-state index in [1.807, 2.05) is 36.4 Å². The van der Waals surface area contributed by atoms with Gasteiger partial charge in [0.1, 0.15) is 16.8 Å². The minimum Gasteiger partial charge on any atom is -0.452 e. The Hall–Kier alpha value is -7.76. The van der Waals surface area contributed by atoms with Gasteiger partial charge in [0.05, 0.1) is 22.1 Å². The van der Waals surface area contributed by atoms with Crippen LogP contribution >= 0.6 is 0 Å². The Morgan fingerprint density at radius 1 is 0.351 bits per heavy atom. The molecular formula is C52H32N4O. The Morgan fingerprint density at radius 2 is 0.912 bits per heavy atom. The minimum absolute atomic E-state index is 0.671. The van der Waals surface area contributed by atoms with Crippen LogP contribution in [-0.2, 0) is 0 Å². The standard InChI is InChI=1S/C52H32N4O/c1-3-14-33(15-4-1)52-53-49(51-50(54-52)41-22-9-12-25-48(41)57-51)36-17-13-16-34(30-36)35-26-28-46-42(31-35)43-32-38(27-29-47(43)55(46)37-18-5-2-6-19-37)56-44-23-10-7-20-39(44)40-21-8-11-24-45(40)56/h1-32H. The maximum absolute atomic E-state index is 6.49. The van der Waals surface area contributed by atoms with E-state index in [-0.39, 0.29) is 0 Å². The molecule has 0 spiro atoms. The summed E-state index contributed by atoms with van der Waals surface area (Å²) >= 11 is 0. The highest BCUT2D eigenvalue weighted by Crippen LogP contribution is 2.40. The fourth-order valence-electron chi connectivity index (χ4n) is 8.73. The Labute approximate surface area is 327 Å². The van der Waals surface area contributed by atoms with Crippen molar-refractivity contribution in [3.63, 3.8) is 0 Å². The van der Waals surface area contributed by atoms with Crippen LogP contribution < -0.4 is 0 Å². The summed E-state index contributed by atoms with van der Waals surface area (Å²) in [4.78, 5) is 10.2. The first kappa shape index (κ1) is 31.6. The molecule has 12 aromatic rings. The number of benzene rings is 8. The van der Waals surface area contributed by atoms with Gasteiger partial charge in [-0.15, -0.1) is 0 Å². The summed E-state index contributed by atoms with van der Waals surface area (Å²) in [5.74, 6) is 0.671. The van der Waals surface area contributed by atoms with Gasteiger partial charge in [-0.05, 0) is 83.9 Å². The van der Waals surface area contributed by atoms with Gasteiger partial charge in [0.2, 0.25) is 0 Å². The second kappa shape index (κ2) is 12.4. The molecule has 0 aliphatic carbocycles. The Balaban J connectivity index is 1.07. The first-order valence-corrected chi connectivity index (χ1v) is 19.2. The van der Waals surface area contributed by atoms with Crippen LogP contribution in [0.2, 0.25) is 0 Å². The molecule has 0 aliphatic rings. The van der Waals surface area contributed by atoms with Crippen molar-refractivity contribution in [3.8, 4) is 45.1 Å². The Kier molecular flexibility index (Phi) is 6.86. The van der Waals surface area contributed by atoms with Crippen LogP contribution in [0.5, 0.6) is 0 Å². The van der Waals surface area contributed by atoms with Crippen molar-refractivity contribution in [2.45, 2.75) is 0 Å². The molecule has 0 saturated heterocycles. The van der Waals surface area contributed by atoms with Gasteiger partial charge in [0, 0.05) is 49.4 Å². The van der Waals surface area contributed by atoms with Crippen LogP contribution in [0.1, 0.15) is 0 Å². The number of hydrogen-bond acceptors (Lipinski definition) is 3. The fraction of sp³-hybridized carbons (Fsp3) is 0. The lowest BCUT2D eigenvalue weighted by Gasteiger charge is -2.10. The van der Waals surface area contributed by atoms with Crippen LogP contribution in [-0.4, -0.2) is 19.1 Å². The lowest BCUT2D eigenvalue weighted by atomic mass is 9.99. The summed E-state index contributed by atoms with van der Waals surface area (Å²) in [6.45, 7) is 0.